The zero-order valence-corrected chi connectivity index (χ0v) is 14.1. The molecule has 2 aromatic heterocycles. The molecular formula is C14H15N5O5S. The Labute approximate surface area is 142 Å². The normalized spacial score (nSPS) is 22.0. The number of benzene rings is 1. The summed E-state index contributed by atoms with van der Waals surface area (Å²) >= 11 is 0. The molecule has 0 spiro atoms. The Morgan fingerprint density at radius 3 is 2.92 bits per heavy atom. The van der Waals surface area contributed by atoms with Crippen LogP contribution in [0.15, 0.2) is 32.2 Å². The van der Waals surface area contributed by atoms with Crippen molar-refractivity contribution in [1.29, 1.82) is 0 Å². The van der Waals surface area contributed by atoms with Crippen LogP contribution in [0.3, 0.4) is 0 Å². The van der Waals surface area contributed by atoms with Gasteiger partial charge >= 0.3 is 0 Å². The van der Waals surface area contributed by atoms with Gasteiger partial charge < -0.3 is 9.63 Å². The number of hydrogen-bond acceptors (Lipinski definition) is 9. The first kappa shape index (κ1) is 16.1. The number of sulfonamides is 1. The molecule has 1 N–H and O–H groups in total. The van der Waals surface area contributed by atoms with Crippen LogP contribution >= 0.6 is 0 Å². The van der Waals surface area contributed by atoms with Crippen molar-refractivity contribution in [2.45, 2.75) is 30.3 Å². The molecule has 1 aliphatic rings. The van der Waals surface area contributed by atoms with Gasteiger partial charge in [-0.15, -0.1) is 0 Å². The Bertz CT molecular complexity index is 1030. The molecule has 10 nitrogen and oxygen atoms in total. The Balaban J connectivity index is 1.67. The van der Waals surface area contributed by atoms with E-state index in [2.05, 4.69) is 25.1 Å². The summed E-state index contributed by atoms with van der Waals surface area (Å²) in [4.78, 5) is 4.11. The number of aryl methyl sites for hydroxylation is 1. The number of aromatic nitrogens is 4. The van der Waals surface area contributed by atoms with Gasteiger partial charge in [-0.05, 0) is 22.4 Å². The quantitative estimate of drug-likeness (QED) is 0.699. The van der Waals surface area contributed by atoms with Crippen LogP contribution in [0.5, 0.6) is 0 Å². The van der Waals surface area contributed by atoms with E-state index in [9.17, 15) is 13.5 Å². The van der Waals surface area contributed by atoms with E-state index in [1.807, 2.05) is 6.92 Å². The number of aliphatic hydroxyl groups is 1. The molecule has 132 valence electrons. The van der Waals surface area contributed by atoms with Crippen molar-refractivity contribution < 1.29 is 22.7 Å². The summed E-state index contributed by atoms with van der Waals surface area (Å²) in [7, 11) is -3.89. The van der Waals surface area contributed by atoms with E-state index in [0.717, 1.165) is 0 Å². The van der Waals surface area contributed by atoms with E-state index in [1.54, 1.807) is 12.1 Å². The van der Waals surface area contributed by atoms with E-state index in [-0.39, 0.29) is 35.8 Å². The number of nitrogens with zero attached hydrogens (tertiary/aromatic N) is 5. The van der Waals surface area contributed by atoms with Crippen LogP contribution in [-0.4, -0.2) is 51.4 Å². The van der Waals surface area contributed by atoms with Crippen molar-refractivity contribution in [3.63, 3.8) is 0 Å². The predicted molar refractivity (Wildman–Crippen MR) is 82.8 cm³/mol. The van der Waals surface area contributed by atoms with Crippen LogP contribution in [-0.2, 0) is 22.0 Å². The highest BCUT2D eigenvalue weighted by Gasteiger charge is 2.47. The van der Waals surface area contributed by atoms with Gasteiger partial charge in [0, 0.05) is 19.4 Å². The van der Waals surface area contributed by atoms with Crippen molar-refractivity contribution in [2.75, 3.05) is 13.1 Å². The van der Waals surface area contributed by atoms with Crippen LogP contribution in [0.25, 0.3) is 11.0 Å². The summed E-state index contributed by atoms with van der Waals surface area (Å²) < 4.78 is 36.8. The van der Waals surface area contributed by atoms with Crippen LogP contribution < -0.4 is 0 Å². The van der Waals surface area contributed by atoms with Crippen LogP contribution in [0, 0.1) is 0 Å². The molecule has 1 aromatic carbocycles. The van der Waals surface area contributed by atoms with Crippen molar-refractivity contribution in [2.24, 2.45) is 0 Å². The standard InChI is InChI=1S/C14H15N5O5S/c1-2-11-15-13(23-17-11)14(20)6-7-19(8-14)25(21,22)10-5-3-4-9-12(10)18-24-16-9/h3-5,20H,2,6-8H2,1H3/t14-/m1/s1. The summed E-state index contributed by atoms with van der Waals surface area (Å²) in [5, 5.41) is 21.9. The lowest BCUT2D eigenvalue weighted by molar-refractivity contribution is 0.0194. The van der Waals surface area contributed by atoms with Gasteiger partial charge in [0.25, 0.3) is 5.89 Å². The molecule has 0 saturated carbocycles. The summed E-state index contributed by atoms with van der Waals surface area (Å²) in [5.41, 5.74) is -1.01. The second-order valence-corrected chi connectivity index (χ2v) is 7.78. The van der Waals surface area contributed by atoms with Gasteiger partial charge in [-0.25, -0.2) is 13.0 Å². The Morgan fingerprint density at radius 2 is 2.16 bits per heavy atom. The fraction of sp³-hybridized carbons (Fsp3) is 0.429. The number of β-amino-alcohol motifs (C(OH)–C–C–N with tert-alkyl or cyclic N) is 1. The molecule has 0 bridgehead atoms. The van der Waals surface area contributed by atoms with E-state index in [0.29, 0.717) is 17.8 Å². The molecule has 0 aliphatic carbocycles. The number of fused-ring (bicyclic) bond motifs is 1. The average molecular weight is 365 g/mol. The molecule has 0 amide bonds. The molecule has 4 rings (SSSR count). The minimum absolute atomic E-state index is 0.0183. The smallest absolute Gasteiger partial charge is 0.260 e. The topological polar surface area (TPSA) is 135 Å². The van der Waals surface area contributed by atoms with Crippen molar-refractivity contribution in [3.8, 4) is 0 Å². The second-order valence-electron chi connectivity index (χ2n) is 5.88. The zero-order chi connectivity index (χ0) is 17.7. The SMILES string of the molecule is CCc1noc([C@@]2(O)CCN(S(=O)(=O)c3cccc4nonc34)C2)n1. The fourth-order valence-electron chi connectivity index (χ4n) is 2.85. The minimum Gasteiger partial charge on any atom is -0.379 e. The Morgan fingerprint density at radius 1 is 1.32 bits per heavy atom. The van der Waals surface area contributed by atoms with E-state index in [1.165, 1.54) is 10.4 Å². The van der Waals surface area contributed by atoms with Gasteiger partial charge in [0.05, 0.1) is 6.54 Å². The third kappa shape index (κ3) is 2.51. The number of hydrogen-bond donors (Lipinski definition) is 1. The van der Waals surface area contributed by atoms with Crippen LogP contribution in [0.4, 0.5) is 0 Å². The van der Waals surface area contributed by atoms with Gasteiger partial charge in [-0.2, -0.15) is 9.29 Å². The van der Waals surface area contributed by atoms with Gasteiger partial charge in [-0.3, -0.25) is 0 Å². The first-order valence-electron chi connectivity index (χ1n) is 7.71. The molecule has 0 unspecified atom stereocenters. The third-order valence-electron chi connectivity index (χ3n) is 4.26. The molecule has 1 aliphatic heterocycles. The fourth-order valence-corrected chi connectivity index (χ4v) is 4.48. The Hall–Kier alpha value is -2.37. The highest BCUT2D eigenvalue weighted by molar-refractivity contribution is 7.89. The molecule has 1 fully saturated rings. The van der Waals surface area contributed by atoms with E-state index in [4.69, 9.17) is 4.52 Å². The second kappa shape index (κ2) is 5.58. The molecule has 25 heavy (non-hydrogen) atoms. The first-order valence-corrected chi connectivity index (χ1v) is 9.15. The molecule has 3 heterocycles. The maximum Gasteiger partial charge on any atom is 0.260 e. The summed E-state index contributed by atoms with van der Waals surface area (Å²) in [5.74, 6) is 0.492. The largest absolute Gasteiger partial charge is 0.379 e. The van der Waals surface area contributed by atoms with E-state index >= 15 is 0 Å². The van der Waals surface area contributed by atoms with Gasteiger partial charge in [-0.1, -0.05) is 18.1 Å². The van der Waals surface area contributed by atoms with Crippen LogP contribution in [0.2, 0.25) is 0 Å². The lowest BCUT2D eigenvalue weighted by Gasteiger charge is -2.19. The van der Waals surface area contributed by atoms with E-state index < -0.39 is 15.6 Å². The van der Waals surface area contributed by atoms with Gasteiger partial charge in [0.1, 0.15) is 10.4 Å². The van der Waals surface area contributed by atoms with Crippen molar-refractivity contribution >= 4 is 21.1 Å². The van der Waals surface area contributed by atoms with Crippen molar-refractivity contribution in [1.82, 2.24) is 24.8 Å². The lowest BCUT2D eigenvalue weighted by atomic mass is 10.0. The maximum atomic E-state index is 13.0. The predicted octanol–water partition coefficient (Wildman–Crippen LogP) is 0.450. The zero-order valence-electron chi connectivity index (χ0n) is 13.3. The maximum absolute atomic E-state index is 13.0. The first-order chi connectivity index (χ1) is 11.9. The molecule has 1 saturated heterocycles. The minimum atomic E-state index is -3.89. The molecule has 0 radical (unpaired) electrons. The Kier molecular flexibility index (Phi) is 3.60. The average Bonchev–Trinajstić information content (AvgIpc) is 3.33. The van der Waals surface area contributed by atoms with Gasteiger partial charge in [0.15, 0.2) is 16.9 Å². The molecular weight excluding hydrogens is 350 g/mol. The molecule has 1 atom stereocenters. The monoisotopic (exact) mass is 365 g/mol. The van der Waals surface area contributed by atoms with Crippen molar-refractivity contribution in [3.05, 3.63) is 29.9 Å². The highest BCUT2D eigenvalue weighted by atomic mass is 32.2. The highest BCUT2D eigenvalue weighted by Crippen LogP contribution is 2.35. The lowest BCUT2D eigenvalue weighted by Crippen LogP contribution is -2.34. The third-order valence-corrected chi connectivity index (χ3v) is 6.14. The van der Waals surface area contributed by atoms with Gasteiger partial charge in [0.2, 0.25) is 10.0 Å². The number of rotatable bonds is 4. The summed E-state index contributed by atoms with van der Waals surface area (Å²) in [6.07, 6.45) is 0.716. The summed E-state index contributed by atoms with van der Waals surface area (Å²) in [6.45, 7) is 1.80. The molecule has 3 aromatic rings. The molecule has 11 heteroatoms. The van der Waals surface area contributed by atoms with Crippen LogP contribution in [0.1, 0.15) is 25.1 Å². The summed E-state index contributed by atoms with van der Waals surface area (Å²) in [6, 6.07) is 4.60.